The summed E-state index contributed by atoms with van der Waals surface area (Å²) in [4.78, 5) is 24.8. The predicted octanol–water partition coefficient (Wildman–Crippen LogP) is 4.29. The van der Waals surface area contributed by atoms with Crippen LogP contribution in [0.2, 0.25) is 0 Å². The van der Waals surface area contributed by atoms with Crippen molar-refractivity contribution in [3.05, 3.63) is 53.7 Å². The number of rotatable bonds is 4. The average molecular weight is 380 g/mol. The molecule has 7 heteroatoms. The summed E-state index contributed by atoms with van der Waals surface area (Å²) >= 11 is 3.05. The normalized spacial score (nSPS) is 15.4. The number of aryl methyl sites for hydroxylation is 1. The molecule has 1 amide bonds. The molecule has 2 aromatic heterocycles. The van der Waals surface area contributed by atoms with Gasteiger partial charge >= 0.3 is 0 Å². The van der Waals surface area contributed by atoms with Gasteiger partial charge in [-0.3, -0.25) is 9.78 Å². The summed E-state index contributed by atoms with van der Waals surface area (Å²) in [6.45, 7) is 2.10. The topological polar surface area (TPSA) is 67.2 Å². The minimum atomic E-state index is 0.00251. The number of carbonyl (C=O) groups excluding carboxylic acids is 1. The summed E-state index contributed by atoms with van der Waals surface area (Å²) in [7, 11) is 0. The van der Waals surface area contributed by atoms with E-state index >= 15 is 0 Å². The quantitative estimate of drug-likeness (QED) is 0.733. The molecule has 0 spiro atoms. The van der Waals surface area contributed by atoms with Crippen LogP contribution in [0.1, 0.15) is 12.6 Å². The molecule has 1 N–H and O–H groups in total. The lowest BCUT2D eigenvalue weighted by molar-refractivity contribution is -0.116. The van der Waals surface area contributed by atoms with Crippen molar-refractivity contribution in [3.8, 4) is 21.8 Å². The number of benzene rings is 1. The highest BCUT2D eigenvalue weighted by atomic mass is 32.2. The summed E-state index contributed by atoms with van der Waals surface area (Å²) in [5.41, 5.74) is 4.98. The van der Waals surface area contributed by atoms with E-state index in [4.69, 9.17) is 4.98 Å². The number of pyridine rings is 1. The van der Waals surface area contributed by atoms with Crippen molar-refractivity contribution in [1.29, 1.82) is 0 Å². The van der Waals surface area contributed by atoms with Crippen molar-refractivity contribution in [2.45, 2.75) is 13.3 Å². The Kier molecular flexibility index (Phi) is 4.81. The molecule has 1 fully saturated rings. The lowest BCUT2D eigenvalue weighted by atomic mass is 10.1. The van der Waals surface area contributed by atoms with Crippen molar-refractivity contribution in [2.24, 2.45) is 4.99 Å². The van der Waals surface area contributed by atoms with Gasteiger partial charge in [0.15, 0.2) is 5.17 Å². The third-order valence-corrected chi connectivity index (χ3v) is 5.67. The first kappa shape index (κ1) is 16.9. The monoisotopic (exact) mass is 380 g/mol. The highest BCUT2D eigenvalue weighted by molar-refractivity contribution is 8.15. The second kappa shape index (κ2) is 7.39. The SMILES string of the molecule is CCc1cc(-c2nc(-c3ccc(N=C4NC(=O)CS4)cc3)cs2)ccn1. The first-order valence-electron chi connectivity index (χ1n) is 8.24. The molecule has 1 saturated heterocycles. The Bertz CT molecular complexity index is 979. The van der Waals surface area contributed by atoms with E-state index in [1.165, 1.54) is 11.8 Å². The Morgan fingerprint density at radius 2 is 2.04 bits per heavy atom. The number of hydrogen-bond donors (Lipinski definition) is 1. The number of thioether (sulfide) groups is 1. The molecule has 5 nitrogen and oxygen atoms in total. The molecule has 3 aromatic rings. The molecule has 4 rings (SSSR count). The minimum Gasteiger partial charge on any atom is -0.304 e. The van der Waals surface area contributed by atoms with E-state index in [0.29, 0.717) is 10.9 Å². The van der Waals surface area contributed by atoms with Crippen LogP contribution in [0.5, 0.6) is 0 Å². The molecule has 0 unspecified atom stereocenters. The smallest absolute Gasteiger partial charge is 0.236 e. The number of amides is 1. The van der Waals surface area contributed by atoms with Crippen LogP contribution in [-0.2, 0) is 11.2 Å². The van der Waals surface area contributed by atoms with Gasteiger partial charge < -0.3 is 5.32 Å². The van der Waals surface area contributed by atoms with Crippen molar-refractivity contribution < 1.29 is 4.79 Å². The summed E-state index contributed by atoms with van der Waals surface area (Å²) in [5, 5.41) is 6.45. The van der Waals surface area contributed by atoms with Gasteiger partial charge in [-0.2, -0.15) is 0 Å². The van der Waals surface area contributed by atoms with Crippen molar-refractivity contribution in [1.82, 2.24) is 15.3 Å². The van der Waals surface area contributed by atoms with Crippen LogP contribution in [0.4, 0.5) is 5.69 Å². The Morgan fingerprint density at radius 1 is 1.19 bits per heavy atom. The van der Waals surface area contributed by atoms with E-state index in [1.807, 2.05) is 36.5 Å². The van der Waals surface area contributed by atoms with Gasteiger partial charge in [0.05, 0.1) is 17.1 Å². The Morgan fingerprint density at radius 3 is 2.77 bits per heavy atom. The molecule has 0 saturated carbocycles. The highest BCUT2D eigenvalue weighted by Gasteiger charge is 2.16. The van der Waals surface area contributed by atoms with Crippen LogP contribution in [0.15, 0.2) is 53.0 Å². The molecule has 1 aliphatic rings. The molecule has 26 heavy (non-hydrogen) atoms. The lowest BCUT2D eigenvalue weighted by Gasteiger charge is -2.01. The van der Waals surface area contributed by atoms with Gasteiger partial charge in [-0.25, -0.2) is 9.98 Å². The average Bonchev–Trinajstić information content (AvgIpc) is 3.32. The third-order valence-electron chi connectivity index (χ3n) is 3.91. The third kappa shape index (κ3) is 3.68. The second-order valence-electron chi connectivity index (χ2n) is 5.73. The van der Waals surface area contributed by atoms with Crippen LogP contribution in [0.3, 0.4) is 0 Å². The Labute approximate surface area is 159 Å². The second-order valence-corrected chi connectivity index (χ2v) is 7.55. The van der Waals surface area contributed by atoms with Crippen molar-refractivity contribution in [3.63, 3.8) is 0 Å². The number of nitrogens with one attached hydrogen (secondary N) is 1. The van der Waals surface area contributed by atoms with Gasteiger partial charge in [0.2, 0.25) is 5.91 Å². The fraction of sp³-hybridized carbons (Fsp3) is 0.158. The molecule has 130 valence electrons. The summed E-state index contributed by atoms with van der Waals surface area (Å²) in [6.07, 6.45) is 2.75. The van der Waals surface area contributed by atoms with Crippen LogP contribution in [-0.4, -0.2) is 26.8 Å². The molecule has 0 aliphatic carbocycles. The standard InChI is InChI=1S/C19H16N4OS2/c1-2-14-9-13(7-8-20-14)18-22-16(10-25-18)12-3-5-15(6-4-12)21-19-23-17(24)11-26-19/h3-10H,2,11H2,1H3,(H,21,23,24). The molecule has 0 radical (unpaired) electrons. The molecule has 1 aliphatic heterocycles. The minimum absolute atomic E-state index is 0.00251. The molecular weight excluding hydrogens is 364 g/mol. The number of thiazole rings is 1. The van der Waals surface area contributed by atoms with Gasteiger partial charge in [-0.15, -0.1) is 11.3 Å². The lowest BCUT2D eigenvalue weighted by Crippen LogP contribution is -2.19. The summed E-state index contributed by atoms with van der Waals surface area (Å²) in [5.74, 6) is 0.440. The molecular formula is C19H16N4OS2. The molecule has 0 atom stereocenters. The van der Waals surface area contributed by atoms with Gasteiger partial charge in [0, 0.05) is 28.4 Å². The van der Waals surface area contributed by atoms with Crippen molar-refractivity contribution >= 4 is 39.9 Å². The van der Waals surface area contributed by atoms with E-state index < -0.39 is 0 Å². The van der Waals surface area contributed by atoms with E-state index in [9.17, 15) is 4.79 Å². The van der Waals surface area contributed by atoms with Crippen LogP contribution in [0.25, 0.3) is 21.8 Å². The zero-order valence-corrected chi connectivity index (χ0v) is 15.7. The van der Waals surface area contributed by atoms with Gasteiger partial charge in [-0.1, -0.05) is 30.8 Å². The number of carbonyl (C=O) groups is 1. The maximum Gasteiger partial charge on any atom is 0.236 e. The van der Waals surface area contributed by atoms with E-state index in [0.717, 1.165) is 39.6 Å². The Hall–Kier alpha value is -2.51. The summed E-state index contributed by atoms with van der Waals surface area (Å²) in [6, 6.07) is 12.0. The van der Waals surface area contributed by atoms with Crippen LogP contribution < -0.4 is 5.32 Å². The van der Waals surface area contributed by atoms with Crippen LogP contribution >= 0.6 is 23.1 Å². The molecule has 1 aromatic carbocycles. The van der Waals surface area contributed by atoms with Gasteiger partial charge in [0.1, 0.15) is 5.01 Å². The zero-order chi connectivity index (χ0) is 17.9. The predicted molar refractivity (Wildman–Crippen MR) is 108 cm³/mol. The first-order chi connectivity index (χ1) is 12.7. The maximum absolute atomic E-state index is 11.2. The number of aliphatic imine (C=N–C) groups is 1. The van der Waals surface area contributed by atoms with Gasteiger partial charge in [-0.05, 0) is 30.7 Å². The molecule has 3 heterocycles. The van der Waals surface area contributed by atoms with E-state index in [-0.39, 0.29) is 5.91 Å². The number of amidine groups is 1. The highest BCUT2D eigenvalue weighted by Crippen LogP contribution is 2.30. The maximum atomic E-state index is 11.2. The molecule has 0 bridgehead atoms. The van der Waals surface area contributed by atoms with Gasteiger partial charge in [0.25, 0.3) is 0 Å². The number of nitrogens with zero attached hydrogens (tertiary/aromatic N) is 3. The number of hydrogen-bond acceptors (Lipinski definition) is 6. The zero-order valence-electron chi connectivity index (χ0n) is 14.1. The van der Waals surface area contributed by atoms with E-state index in [2.05, 4.69) is 33.7 Å². The van der Waals surface area contributed by atoms with Crippen LogP contribution in [0, 0.1) is 0 Å². The largest absolute Gasteiger partial charge is 0.304 e. The van der Waals surface area contributed by atoms with Crippen molar-refractivity contribution in [2.75, 3.05) is 5.75 Å². The Balaban J connectivity index is 1.55. The van der Waals surface area contributed by atoms with E-state index in [1.54, 1.807) is 11.3 Å². The fourth-order valence-corrected chi connectivity index (χ4v) is 4.08. The summed E-state index contributed by atoms with van der Waals surface area (Å²) < 4.78 is 0. The first-order valence-corrected chi connectivity index (χ1v) is 10.1. The fourth-order valence-electron chi connectivity index (χ4n) is 2.55. The number of aromatic nitrogens is 2.